The Morgan fingerprint density at radius 1 is 1.31 bits per heavy atom. The standard InChI is InChI=1S/C16H17ClF3N3O3/c17-12-7-13(14(23(25)26)6-11(12)16(18,19)20)22-5-1-2-9(8-22)15(24)21-10-3-4-10/h6-7,9-10H,1-5,8H2,(H,21,24). The van der Waals surface area contributed by atoms with Gasteiger partial charge in [0.15, 0.2) is 0 Å². The maximum atomic E-state index is 13.0. The molecule has 0 bridgehead atoms. The van der Waals surface area contributed by atoms with Gasteiger partial charge in [-0.05, 0) is 31.7 Å². The summed E-state index contributed by atoms with van der Waals surface area (Å²) in [5.41, 5.74) is -1.89. The normalized spacial score (nSPS) is 20.8. The van der Waals surface area contributed by atoms with Crippen LogP contribution in [0.5, 0.6) is 0 Å². The number of piperidine rings is 1. The van der Waals surface area contributed by atoms with Gasteiger partial charge in [-0.25, -0.2) is 0 Å². The van der Waals surface area contributed by atoms with Crippen LogP contribution in [0.4, 0.5) is 24.5 Å². The first-order chi connectivity index (χ1) is 12.2. The zero-order valence-electron chi connectivity index (χ0n) is 13.7. The predicted molar refractivity (Wildman–Crippen MR) is 89.2 cm³/mol. The summed E-state index contributed by atoms with van der Waals surface area (Å²) in [6.45, 7) is 0.622. The molecular weight excluding hydrogens is 375 g/mol. The molecular formula is C16H17ClF3N3O3. The first-order valence-electron chi connectivity index (χ1n) is 8.27. The first-order valence-corrected chi connectivity index (χ1v) is 8.65. The number of halogens is 4. The molecule has 1 saturated carbocycles. The number of nitro benzene ring substituents is 1. The number of nitro groups is 1. The molecule has 26 heavy (non-hydrogen) atoms. The molecule has 1 aromatic carbocycles. The number of benzene rings is 1. The SMILES string of the molecule is O=C(NC1CC1)C1CCCN(c2cc(Cl)c(C(F)(F)F)cc2[N+](=O)[O-])C1. The largest absolute Gasteiger partial charge is 0.418 e. The molecule has 1 saturated heterocycles. The highest BCUT2D eigenvalue weighted by Gasteiger charge is 2.38. The molecule has 2 fully saturated rings. The van der Waals surface area contributed by atoms with E-state index in [4.69, 9.17) is 11.6 Å². The number of amides is 1. The third kappa shape index (κ3) is 4.03. The summed E-state index contributed by atoms with van der Waals surface area (Å²) in [4.78, 5) is 24.3. The lowest BCUT2D eigenvalue weighted by molar-refractivity contribution is -0.384. The third-order valence-electron chi connectivity index (χ3n) is 4.62. The Bertz CT molecular complexity index is 737. The van der Waals surface area contributed by atoms with Crippen LogP contribution in [0.25, 0.3) is 0 Å². The molecule has 6 nitrogen and oxygen atoms in total. The molecule has 1 unspecified atom stereocenters. The van der Waals surface area contributed by atoms with Gasteiger partial charge in [0.25, 0.3) is 5.69 Å². The Labute approximate surface area is 152 Å². The number of carbonyl (C=O) groups is 1. The van der Waals surface area contributed by atoms with Crippen molar-refractivity contribution in [2.45, 2.75) is 37.9 Å². The van der Waals surface area contributed by atoms with Crippen LogP contribution in [0.15, 0.2) is 12.1 Å². The number of hydrogen-bond donors (Lipinski definition) is 1. The number of hydrogen-bond acceptors (Lipinski definition) is 4. The monoisotopic (exact) mass is 391 g/mol. The predicted octanol–water partition coefficient (Wildman–Crippen LogP) is 3.76. The van der Waals surface area contributed by atoms with Gasteiger partial charge in [0, 0.05) is 25.2 Å². The molecule has 1 atom stereocenters. The van der Waals surface area contributed by atoms with Crippen molar-refractivity contribution in [2.75, 3.05) is 18.0 Å². The van der Waals surface area contributed by atoms with E-state index < -0.39 is 27.4 Å². The second-order valence-electron chi connectivity index (χ2n) is 6.64. The Morgan fingerprint density at radius 2 is 2.00 bits per heavy atom. The number of nitrogens with one attached hydrogen (secondary N) is 1. The summed E-state index contributed by atoms with van der Waals surface area (Å²) in [6, 6.07) is 1.64. The second-order valence-corrected chi connectivity index (χ2v) is 7.05. The van der Waals surface area contributed by atoms with Crippen molar-refractivity contribution in [1.82, 2.24) is 5.32 Å². The molecule has 2 aliphatic rings. The van der Waals surface area contributed by atoms with E-state index in [9.17, 15) is 28.1 Å². The van der Waals surface area contributed by atoms with Crippen LogP contribution in [0.2, 0.25) is 5.02 Å². The maximum Gasteiger partial charge on any atom is 0.418 e. The fraction of sp³-hybridized carbons (Fsp3) is 0.562. The van der Waals surface area contributed by atoms with Crippen molar-refractivity contribution < 1.29 is 22.9 Å². The quantitative estimate of drug-likeness (QED) is 0.626. The number of alkyl halides is 3. The number of carbonyl (C=O) groups excluding carboxylic acids is 1. The van der Waals surface area contributed by atoms with Gasteiger partial charge >= 0.3 is 6.18 Å². The van der Waals surface area contributed by atoms with E-state index in [1.54, 1.807) is 4.90 Å². The first kappa shape index (κ1) is 18.8. The van der Waals surface area contributed by atoms with Crippen molar-refractivity contribution in [3.8, 4) is 0 Å². The van der Waals surface area contributed by atoms with Gasteiger partial charge < -0.3 is 10.2 Å². The molecule has 1 N–H and O–H groups in total. The van der Waals surface area contributed by atoms with Crippen LogP contribution in [0, 0.1) is 16.0 Å². The molecule has 0 radical (unpaired) electrons. The van der Waals surface area contributed by atoms with Crippen molar-refractivity contribution in [3.63, 3.8) is 0 Å². The molecule has 1 heterocycles. The van der Waals surface area contributed by atoms with Crippen molar-refractivity contribution in [1.29, 1.82) is 0 Å². The third-order valence-corrected chi connectivity index (χ3v) is 4.94. The van der Waals surface area contributed by atoms with Crippen LogP contribution >= 0.6 is 11.6 Å². The van der Waals surface area contributed by atoms with Gasteiger partial charge in [0.2, 0.25) is 5.91 Å². The van der Waals surface area contributed by atoms with E-state index in [0.717, 1.165) is 18.9 Å². The minimum Gasteiger partial charge on any atom is -0.365 e. The Kier molecular flexibility index (Phi) is 5.01. The molecule has 1 aliphatic carbocycles. The number of nitrogens with zero attached hydrogens (tertiary/aromatic N) is 2. The molecule has 1 amide bonds. The van der Waals surface area contributed by atoms with Gasteiger partial charge in [-0.1, -0.05) is 11.6 Å². The van der Waals surface area contributed by atoms with Crippen LogP contribution < -0.4 is 10.2 Å². The van der Waals surface area contributed by atoms with Gasteiger partial charge in [-0.3, -0.25) is 14.9 Å². The molecule has 0 aromatic heterocycles. The molecule has 1 aliphatic heterocycles. The molecule has 3 rings (SSSR count). The minimum absolute atomic E-state index is 0.0110. The maximum absolute atomic E-state index is 13.0. The molecule has 1 aromatic rings. The number of anilines is 1. The lowest BCUT2D eigenvalue weighted by Gasteiger charge is -2.33. The smallest absolute Gasteiger partial charge is 0.365 e. The highest BCUT2D eigenvalue weighted by atomic mass is 35.5. The van der Waals surface area contributed by atoms with Gasteiger partial charge in [0.05, 0.1) is 21.4 Å². The summed E-state index contributed by atoms with van der Waals surface area (Å²) in [7, 11) is 0. The van der Waals surface area contributed by atoms with E-state index in [-0.39, 0.29) is 30.1 Å². The van der Waals surface area contributed by atoms with Gasteiger partial charge in [-0.2, -0.15) is 13.2 Å². The molecule has 142 valence electrons. The highest BCUT2D eigenvalue weighted by Crippen LogP contribution is 2.42. The summed E-state index contributed by atoms with van der Waals surface area (Å²) in [5.74, 6) is -0.470. The van der Waals surface area contributed by atoms with Gasteiger partial charge in [0.1, 0.15) is 5.69 Å². The fourth-order valence-electron chi connectivity index (χ4n) is 3.12. The Morgan fingerprint density at radius 3 is 2.58 bits per heavy atom. The van der Waals surface area contributed by atoms with Crippen molar-refractivity contribution >= 4 is 28.9 Å². The second kappa shape index (κ2) is 6.94. The summed E-state index contributed by atoms with van der Waals surface area (Å²) in [5, 5.41) is 13.6. The average molecular weight is 392 g/mol. The van der Waals surface area contributed by atoms with Crippen LogP contribution in [0.3, 0.4) is 0 Å². The van der Waals surface area contributed by atoms with Crippen LogP contribution in [-0.2, 0) is 11.0 Å². The Balaban J connectivity index is 1.88. The van der Waals surface area contributed by atoms with E-state index in [1.165, 1.54) is 0 Å². The van der Waals surface area contributed by atoms with Crippen molar-refractivity contribution in [2.24, 2.45) is 5.92 Å². The fourth-order valence-corrected chi connectivity index (χ4v) is 3.39. The van der Waals surface area contributed by atoms with Crippen LogP contribution in [0.1, 0.15) is 31.2 Å². The van der Waals surface area contributed by atoms with Crippen molar-refractivity contribution in [3.05, 3.63) is 32.8 Å². The summed E-state index contributed by atoms with van der Waals surface area (Å²) in [6.07, 6.45) is -1.64. The van der Waals surface area contributed by atoms with E-state index in [2.05, 4.69) is 5.32 Å². The van der Waals surface area contributed by atoms with E-state index in [0.29, 0.717) is 25.5 Å². The highest BCUT2D eigenvalue weighted by molar-refractivity contribution is 6.31. The van der Waals surface area contributed by atoms with E-state index >= 15 is 0 Å². The lowest BCUT2D eigenvalue weighted by atomic mass is 9.96. The summed E-state index contributed by atoms with van der Waals surface area (Å²) < 4.78 is 39.0. The summed E-state index contributed by atoms with van der Waals surface area (Å²) >= 11 is 5.74. The zero-order valence-corrected chi connectivity index (χ0v) is 14.4. The zero-order chi connectivity index (χ0) is 19.1. The Hall–Kier alpha value is -2.03. The topological polar surface area (TPSA) is 75.5 Å². The minimum atomic E-state index is -4.78. The average Bonchev–Trinajstić information content (AvgIpc) is 3.37. The van der Waals surface area contributed by atoms with E-state index in [1.807, 2.05) is 0 Å². The molecule has 10 heteroatoms. The molecule has 0 spiro atoms. The lowest BCUT2D eigenvalue weighted by Crippen LogP contribution is -2.43. The number of rotatable bonds is 4. The van der Waals surface area contributed by atoms with Crippen LogP contribution in [-0.4, -0.2) is 30.0 Å². The van der Waals surface area contributed by atoms with Gasteiger partial charge in [-0.15, -0.1) is 0 Å².